The quantitative estimate of drug-likeness (QED) is 0.531. The zero-order chi connectivity index (χ0) is 11.0. The van der Waals surface area contributed by atoms with Gasteiger partial charge in [0.05, 0.1) is 7.11 Å². The number of aliphatic hydroxyl groups excluding tert-OH is 1. The maximum absolute atomic E-state index is 11.0. The maximum Gasteiger partial charge on any atom is 0.339 e. The first kappa shape index (κ1) is 12.4. The zero-order valence-corrected chi connectivity index (χ0v) is 8.14. The molecule has 0 bridgehead atoms. The second-order valence-electron chi connectivity index (χ2n) is 2.42. The van der Waals surface area contributed by atoms with Gasteiger partial charge in [0.25, 0.3) is 0 Å². The molecule has 0 aliphatic rings. The van der Waals surface area contributed by atoms with Gasteiger partial charge in [-0.05, 0) is 5.57 Å². The van der Waals surface area contributed by atoms with E-state index >= 15 is 0 Å². The highest BCUT2D eigenvalue weighted by Crippen LogP contribution is 2.06. The van der Waals surface area contributed by atoms with Gasteiger partial charge in [0.1, 0.15) is 0 Å². The Kier molecular flexibility index (Phi) is 6.07. The predicted octanol–water partition coefficient (Wildman–Crippen LogP) is 1.37. The van der Waals surface area contributed by atoms with E-state index < -0.39 is 12.1 Å². The Balaban J connectivity index is 4.73. The Morgan fingerprint density at radius 1 is 1.43 bits per heavy atom. The van der Waals surface area contributed by atoms with Crippen LogP contribution in [0.3, 0.4) is 0 Å². The first-order chi connectivity index (χ1) is 6.67. The number of carbonyl (C=O) groups is 1. The van der Waals surface area contributed by atoms with Crippen LogP contribution < -0.4 is 0 Å². The summed E-state index contributed by atoms with van der Waals surface area (Å²) in [4.78, 5) is 11.0. The van der Waals surface area contributed by atoms with Crippen LogP contribution in [-0.2, 0) is 9.53 Å². The standard InChI is InChI=1S/C11H14O3/c1-4-6-8-9(7-5-2)10(12)11(13)14-3/h4-8,10,12H,1-2H2,3H3/b8-6-,9-7+. The van der Waals surface area contributed by atoms with E-state index in [0.29, 0.717) is 5.57 Å². The van der Waals surface area contributed by atoms with Crippen LogP contribution in [0.2, 0.25) is 0 Å². The average Bonchev–Trinajstić information content (AvgIpc) is 2.22. The molecule has 1 unspecified atom stereocenters. The maximum atomic E-state index is 11.0. The second kappa shape index (κ2) is 6.86. The van der Waals surface area contributed by atoms with Crippen LogP contribution in [0.15, 0.2) is 49.1 Å². The van der Waals surface area contributed by atoms with E-state index in [0.717, 1.165) is 0 Å². The third kappa shape index (κ3) is 3.87. The van der Waals surface area contributed by atoms with Gasteiger partial charge in [-0.3, -0.25) is 0 Å². The molecule has 0 aromatic heterocycles. The summed E-state index contributed by atoms with van der Waals surface area (Å²) in [6.07, 6.45) is 6.45. The van der Waals surface area contributed by atoms with Gasteiger partial charge in [0.15, 0.2) is 6.10 Å². The molecule has 0 saturated heterocycles. The van der Waals surface area contributed by atoms with Crippen LogP contribution in [0.1, 0.15) is 0 Å². The van der Waals surface area contributed by atoms with Gasteiger partial charge in [0.2, 0.25) is 0 Å². The van der Waals surface area contributed by atoms with Crippen molar-refractivity contribution in [2.24, 2.45) is 0 Å². The summed E-state index contributed by atoms with van der Waals surface area (Å²) in [7, 11) is 1.22. The molecule has 3 heteroatoms. The predicted molar refractivity (Wildman–Crippen MR) is 55.6 cm³/mol. The topological polar surface area (TPSA) is 46.5 Å². The van der Waals surface area contributed by atoms with Gasteiger partial charge in [-0.2, -0.15) is 0 Å². The number of rotatable bonds is 5. The molecule has 1 N–H and O–H groups in total. The summed E-state index contributed by atoms with van der Waals surface area (Å²) in [6.45, 7) is 6.96. The lowest BCUT2D eigenvalue weighted by atomic mass is 10.1. The van der Waals surface area contributed by atoms with Gasteiger partial charge in [-0.15, -0.1) is 0 Å². The minimum Gasteiger partial charge on any atom is -0.467 e. The third-order valence-corrected chi connectivity index (χ3v) is 1.48. The van der Waals surface area contributed by atoms with E-state index in [2.05, 4.69) is 17.9 Å². The smallest absolute Gasteiger partial charge is 0.339 e. The minimum absolute atomic E-state index is 0.409. The summed E-state index contributed by atoms with van der Waals surface area (Å²) in [5, 5.41) is 9.46. The molecule has 0 aromatic rings. The molecule has 0 fully saturated rings. The summed E-state index contributed by atoms with van der Waals surface area (Å²) in [5.74, 6) is -0.702. The number of hydrogen-bond acceptors (Lipinski definition) is 3. The Bertz CT molecular complexity index is 274. The molecule has 3 nitrogen and oxygen atoms in total. The van der Waals surface area contributed by atoms with Crippen molar-refractivity contribution in [1.29, 1.82) is 0 Å². The number of ether oxygens (including phenoxy) is 1. The van der Waals surface area contributed by atoms with Crippen LogP contribution in [-0.4, -0.2) is 24.3 Å². The average molecular weight is 194 g/mol. The Morgan fingerprint density at radius 3 is 2.50 bits per heavy atom. The van der Waals surface area contributed by atoms with E-state index in [9.17, 15) is 9.90 Å². The molecule has 0 rings (SSSR count). The molecule has 0 spiro atoms. The highest BCUT2D eigenvalue weighted by molar-refractivity contribution is 5.78. The van der Waals surface area contributed by atoms with Crippen molar-refractivity contribution in [3.8, 4) is 0 Å². The first-order valence-electron chi connectivity index (χ1n) is 4.05. The van der Waals surface area contributed by atoms with Crippen LogP contribution in [0.25, 0.3) is 0 Å². The molecule has 0 saturated carbocycles. The lowest BCUT2D eigenvalue weighted by molar-refractivity contribution is -0.148. The lowest BCUT2D eigenvalue weighted by Gasteiger charge is -2.08. The fraction of sp³-hybridized carbons (Fsp3) is 0.182. The molecule has 14 heavy (non-hydrogen) atoms. The number of esters is 1. The van der Waals surface area contributed by atoms with Gasteiger partial charge < -0.3 is 9.84 Å². The highest BCUT2D eigenvalue weighted by Gasteiger charge is 2.17. The van der Waals surface area contributed by atoms with Crippen LogP contribution in [0.4, 0.5) is 0 Å². The minimum atomic E-state index is -1.28. The van der Waals surface area contributed by atoms with E-state index in [-0.39, 0.29) is 0 Å². The molecule has 76 valence electrons. The normalized spacial score (nSPS) is 13.7. The summed E-state index contributed by atoms with van der Waals surface area (Å²) < 4.78 is 4.40. The summed E-state index contributed by atoms with van der Waals surface area (Å²) in [5.41, 5.74) is 0.409. The fourth-order valence-electron chi connectivity index (χ4n) is 0.801. The third-order valence-electron chi connectivity index (χ3n) is 1.48. The van der Waals surface area contributed by atoms with Crippen molar-refractivity contribution >= 4 is 5.97 Å². The van der Waals surface area contributed by atoms with Gasteiger partial charge in [-0.25, -0.2) is 4.79 Å². The molecule has 1 atom stereocenters. The summed E-state index contributed by atoms with van der Waals surface area (Å²) in [6, 6.07) is 0. The monoisotopic (exact) mass is 194 g/mol. The number of aliphatic hydroxyl groups is 1. The van der Waals surface area contributed by atoms with Crippen LogP contribution in [0, 0.1) is 0 Å². The number of allylic oxidation sites excluding steroid dienone is 4. The van der Waals surface area contributed by atoms with Crippen LogP contribution >= 0.6 is 0 Å². The van der Waals surface area contributed by atoms with Crippen molar-refractivity contribution < 1.29 is 14.6 Å². The van der Waals surface area contributed by atoms with Crippen molar-refractivity contribution in [3.63, 3.8) is 0 Å². The lowest BCUT2D eigenvalue weighted by Crippen LogP contribution is -2.23. The molecular weight excluding hydrogens is 180 g/mol. The highest BCUT2D eigenvalue weighted by atomic mass is 16.5. The van der Waals surface area contributed by atoms with E-state index in [1.165, 1.54) is 19.3 Å². The van der Waals surface area contributed by atoms with Gasteiger partial charge >= 0.3 is 5.97 Å². The van der Waals surface area contributed by atoms with Crippen LogP contribution in [0.5, 0.6) is 0 Å². The number of hydrogen-bond donors (Lipinski definition) is 1. The van der Waals surface area contributed by atoms with E-state index in [1.807, 2.05) is 0 Å². The molecule has 0 radical (unpaired) electrons. The summed E-state index contributed by atoms with van der Waals surface area (Å²) >= 11 is 0. The molecule has 0 aromatic carbocycles. The van der Waals surface area contributed by atoms with Crippen molar-refractivity contribution in [3.05, 3.63) is 49.1 Å². The first-order valence-corrected chi connectivity index (χ1v) is 4.05. The van der Waals surface area contributed by atoms with Crippen molar-refractivity contribution in [2.45, 2.75) is 6.10 Å². The fourth-order valence-corrected chi connectivity index (χ4v) is 0.801. The molecule has 0 amide bonds. The number of methoxy groups -OCH3 is 1. The Hall–Kier alpha value is -1.61. The van der Waals surface area contributed by atoms with Crippen molar-refractivity contribution in [1.82, 2.24) is 0 Å². The van der Waals surface area contributed by atoms with E-state index in [1.54, 1.807) is 18.2 Å². The Labute approximate surface area is 83.7 Å². The van der Waals surface area contributed by atoms with Crippen molar-refractivity contribution in [2.75, 3.05) is 7.11 Å². The largest absolute Gasteiger partial charge is 0.467 e. The second-order valence-corrected chi connectivity index (χ2v) is 2.42. The van der Waals surface area contributed by atoms with Gasteiger partial charge in [0, 0.05) is 0 Å². The SMILES string of the molecule is C=C/C=C\C(=C/C=C)C(O)C(=O)OC. The van der Waals surface area contributed by atoms with Gasteiger partial charge in [-0.1, -0.05) is 43.5 Å². The molecular formula is C11H14O3. The zero-order valence-electron chi connectivity index (χ0n) is 8.14. The van der Waals surface area contributed by atoms with E-state index in [4.69, 9.17) is 0 Å². The molecule has 0 aliphatic carbocycles. The number of carbonyl (C=O) groups excluding carboxylic acids is 1. The Morgan fingerprint density at radius 2 is 2.07 bits per heavy atom. The molecule has 0 heterocycles. The molecule has 0 aliphatic heterocycles.